The van der Waals surface area contributed by atoms with E-state index < -0.39 is 0 Å². The van der Waals surface area contributed by atoms with Crippen LogP contribution in [-0.4, -0.2) is 15.0 Å². The molecule has 19 heavy (non-hydrogen) atoms. The summed E-state index contributed by atoms with van der Waals surface area (Å²) >= 11 is 2.08. The fourth-order valence-corrected chi connectivity index (χ4v) is 2.07. The van der Waals surface area contributed by atoms with Gasteiger partial charge >= 0.3 is 5.97 Å². The van der Waals surface area contributed by atoms with Crippen molar-refractivity contribution in [1.82, 2.24) is 0 Å². The van der Waals surface area contributed by atoms with Crippen molar-refractivity contribution >= 4 is 39.3 Å². The van der Waals surface area contributed by atoms with Crippen LogP contribution in [0.2, 0.25) is 0 Å². The van der Waals surface area contributed by atoms with E-state index in [4.69, 9.17) is 4.74 Å². The summed E-state index contributed by atoms with van der Waals surface area (Å²) in [7, 11) is 0. The Morgan fingerprint density at radius 3 is 2.68 bits per heavy atom. The van der Waals surface area contributed by atoms with Gasteiger partial charge in [0.25, 0.3) is 0 Å². The highest BCUT2D eigenvalue weighted by atomic mass is 127. The second kappa shape index (κ2) is 6.23. The number of phenolic OH excluding ortho intramolecular Hbond substituents is 1. The van der Waals surface area contributed by atoms with Gasteiger partial charge in [-0.2, -0.15) is 0 Å². The summed E-state index contributed by atoms with van der Waals surface area (Å²) in [5, 5.41) is 11.5. The first-order chi connectivity index (χ1) is 9.13. The predicted octanol–water partition coefficient (Wildman–Crippen LogP) is 3.80. The minimum atomic E-state index is -0.194. The molecule has 0 aromatic heterocycles. The first-order valence-corrected chi connectivity index (χ1v) is 7.38. The molecule has 1 N–H and O–H groups in total. The van der Waals surface area contributed by atoms with E-state index in [2.05, 4.69) is 22.6 Å². The van der Waals surface area contributed by atoms with Crippen molar-refractivity contribution < 1.29 is 14.6 Å². The van der Waals surface area contributed by atoms with Gasteiger partial charge in [-0.1, -0.05) is 59.8 Å². The molecule has 0 aliphatic heterocycles. The van der Waals surface area contributed by atoms with Crippen molar-refractivity contribution in [1.29, 1.82) is 0 Å². The third-order valence-electron chi connectivity index (χ3n) is 2.97. The van der Waals surface area contributed by atoms with Crippen LogP contribution in [0, 0.1) is 0 Å². The summed E-state index contributed by atoms with van der Waals surface area (Å²) in [4.78, 5) is 11.7. The highest BCUT2D eigenvalue weighted by Crippen LogP contribution is 2.27. The second-order valence-corrected chi connectivity index (χ2v) is 5.78. The highest BCUT2D eigenvalue weighted by Gasteiger charge is 2.14. The molecule has 0 amide bonds. The Hall–Kier alpha value is -1.30. The lowest BCUT2D eigenvalue weighted by atomic mass is 10.0. The Labute approximate surface area is 125 Å². The van der Waals surface area contributed by atoms with Crippen LogP contribution in [0.25, 0.3) is 10.8 Å². The van der Waals surface area contributed by atoms with Gasteiger partial charge in [-0.25, -0.2) is 0 Å². The molecular weight excluding hydrogens is 355 g/mol. The van der Waals surface area contributed by atoms with E-state index in [-0.39, 0.29) is 22.3 Å². The van der Waals surface area contributed by atoms with Gasteiger partial charge in [-0.05, 0) is 23.4 Å². The lowest BCUT2D eigenvalue weighted by Gasteiger charge is -2.10. The number of esters is 1. The molecule has 0 aliphatic rings. The van der Waals surface area contributed by atoms with Crippen LogP contribution >= 0.6 is 22.6 Å². The maximum Gasteiger partial charge on any atom is 0.319 e. The number of alkyl halides is 1. The Morgan fingerprint density at radius 2 is 1.95 bits per heavy atom. The lowest BCUT2D eigenvalue weighted by molar-refractivity contribution is -0.143. The van der Waals surface area contributed by atoms with Crippen LogP contribution in [0.4, 0.5) is 0 Å². The summed E-state index contributed by atoms with van der Waals surface area (Å²) < 4.78 is 5.19. The van der Waals surface area contributed by atoms with Crippen LogP contribution in [0.15, 0.2) is 36.4 Å². The third-order valence-corrected chi connectivity index (χ3v) is 4.36. The SMILES string of the molecule is CCC(I)C(=O)OCc1cccc2c(O)cccc12. The normalized spacial score (nSPS) is 12.3. The molecule has 0 heterocycles. The lowest BCUT2D eigenvalue weighted by Crippen LogP contribution is -2.16. The van der Waals surface area contributed by atoms with Crippen molar-refractivity contribution in [2.75, 3.05) is 0 Å². The maximum absolute atomic E-state index is 11.7. The van der Waals surface area contributed by atoms with E-state index in [0.29, 0.717) is 0 Å². The van der Waals surface area contributed by atoms with E-state index in [9.17, 15) is 9.90 Å². The number of hydrogen-bond donors (Lipinski definition) is 1. The number of benzene rings is 2. The molecule has 100 valence electrons. The topological polar surface area (TPSA) is 46.5 Å². The molecule has 0 fully saturated rings. The number of phenols is 1. The molecule has 0 bridgehead atoms. The maximum atomic E-state index is 11.7. The first-order valence-electron chi connectivity index (χ1n) is 6.13. The first kappa shape index (κ1) is 14.1. The molecule has 0 spiro atoms. The van der Waals surface area contributed by atoms with Crippen molar-refractivity contribution in [2.45, 2.75) is 23.9 Å². The van der Waals surface area contributed by atoms with Crippen molar-refractivity contribution in [3.8, 4) is 5.75 Å². The molecule has 0 saturated carbocycles. The number of aromatic hydroxyl groups is 1. The van der Waals surface area contributed by atoms with E-state index >= 15 is 0 Å². The van der Waals surface area contributed by atoms with Gasteiger partial charge in [0.1, 0.15) is 16.3 Å². The van der Waals surface area contributed by atoms with Gasteiger partial charge in [0.05, 0.1) is 0 Å². The molecule has 0 aliphatic carbocycles. The van der Waals surface area contributed by atoms with Gasteiger partial charge in [0, 0.05) is 5.39 Å². The van der Waals surface area contributed by atoms with Crippen molar-refractivity contribution in [3.05, 3.63) is 42.0 Å². The number of carbonyl (C=O) groups excluding carboxylic acids is 1. The largest absolute Gasteiger partial charge is 0.507 e. The second-order valence-electron chi connectivity index (χ2n) is 4.27. The number of hydrogen-bond acceptors (Lipinski definition) is 3. The van der Waals surface area contributed by atoms with Crippen LogP contribution in [0.5, 0.6) is 5.75 Å². The molecular formula is C15H15IO3. The molecule has 1 unspecified atom stereocenters. The molecule has 2 rings (SSSR count). The summed E-state index contributed by atoms with van der Waals surface area (Å²) in [5.74, 6) is 0.0475. The monoisotopic (exact) mass is 370 g/mol. The van der Waals surface area contributed by atoms with E-state index in [0.717, 1.165) is 22.8 Å². The Kier molecular flexibility index (Phi) is 4.63. The predicted molar refractivity (Wildman–Crippen MR) is 83.5 cm³/mol. The third kappa shape index (κ3) is 3.18. The highest BCUT2D eigenvalue weighted by molar-refractivity contribution is 14.1. The molecule has 2 aromatic rings. The molecule has 2 aromatic carbocycles. The fraction of sp³-hybridized carbons (Fsp3) is 0.267. The van der Waals surface area contributed by atoms with Gasteiger partial charge in [0.15, 0.2) is 0 Å². The van der Waals surface area contributed by atoms with E-state index in [1.54, 1.807) is 12.1 Å². The molecule has 0 radical (unpaired) electrons. The number of rotatable bonds is 4. The Balaban J connectivity index is 2.22. The van der Waals surface area contributed by atoms with Crippen LogP contribution in [0.1, 0.15) is 18.9 Å². The molecule has 0 saturated heterocycles. The summed E-state index contributed by atoms with van der Waals surface area (Å²) in [6.45, 7) is 2.19. The molecule has 1 atom stereocenters. The van der Waals surface area contributed by atoms with Gasteiger partial charge in [-0.3, -0.25) is 4.79 Å². The number of fused-ring (bicyclic) bond motifs is 1. The summed E-state index contributed by atoms with van der Waals surface area (Å²) in [6, 6.07) is 11.0. The Bertz CT molecular complexity index is 595. The summed E-state index contributed by atoms with van der Waals surface area (Å²) in [6.07, 6.45) is 0.760. The zero-order valence-corrected chi connectivity index (χ0v) is 12.8. The van der Waals surface area contributed by atoms with Crippen molar-refractivity contribution in [3.63, 3.8) is 0 Å². The minimum absolute atomic E-state index is 0.110. The zero-order chi connectivity index (χ0) is 13.8. The minimum Gasteiger partial charge on any atom is -0.507 e. The zero-order valence-electron chi connectivity index (χ0n) is 10.6. The van der Waals surface area contributed by atoms with Gasteiger partial charge in [0.2, 0.25) is 0 Å². The average Bonchev–Trinajstić information content (AvgIpc) is 2.44. The number of halogens is 1. The fourth-order valence-electron chi connectivity index (χ4n) is 1.89. The van der Waals surface area contributed by atoms with E-state index in [1.807, 2.05) is 31.2 Å². The average molecular weight is 370 g/mol. The van der Waals surface area contributed by atoms with Crippen LogP contribution < -0.4 is 0 Å². The molecule has 4 heteroatoms. The Morgan fingerprint density at radius 1 is 1.26 bits per heavy atom. The van der Waals surface area contributed by atoms with E-state index in [1.165, 1.54) is 0 Å². The number of carbonyl (C=O) groups is 1. The van der Waals surface area contributed by atoms with Crippen LogP contribution in [-0.2, 0) is 16.1 Å². The quantitative estimate of drug-likeness (QED) is 0.506. The van der Waals surface area contributed by atoms with Crippen molar-refractivity contribution in [2.24, 2.45) is 0 Å². The summed E-state index contributed by atoms with van der Waals surface area (Å²) in [5.41, 5.74) is 0.904. The van der Waals surface area contributed by atoms with Gasteiger partial charge in [-0.15, -0.1) is 0 Å². The smallest absolute Gasteiger partial charge is 0.319 e. The number of ether oxygens (including phenoxy) is 1. The standard InChI is InChI=1S/C15H15IO3/c1-2-13(16)15(18)19-9-10-5-3-7-12-11(10)6-4-8-14(12)17/h3-8,13,17H,2,9H2,1H3. The van der Waals surface area contributed by atoms with Crippen LogP contribution in [0.3, 0.4) is 0 Å². The molecule has 3 nitrogen and oxygen atoms in total. The van der Waals surface area contributed by atoms with Gasteiger partial charge < -0.3 is 9.84 Å².